The predicted octanol–water partition coefficient (Wildman–Crippen LogP) is 3.53. The van der Waals surface area contributed by atoms with Crippen LogP contribution in [0.2, 0.25) is 0 Å². The molecule has 0 bridgehead atoms. The van der Waals surface area contributed by atoms with Gasteiger partial charge in [0.2, 0.25) is 0 Å². The van der Waals surface area contributed by atoms with Crippen LogP contribution in [0.5, 0.6) is 0 Å². The molecule has 3 aromatic rings. The fraction of sp³-hybridized carbons (Fsp3) is 0.367. The van der Waals surface area contributed by atoms with Gasteiger partial charge in [0.15, 0.2) is 0 Å². The first kappa shape index (κ1) is 26.5. The molecule has 39 heavy (non-hydrogen) atoms. The van der Waals surface area contributed by atoms with E-state index in [9.17, 15) is 14.4 Å². The summed E-state index contributed by atoms with van der Waals surface area (Å²) in [4.78, 5) is 45.9. The third-order valence-corrected chi connectivity index (χ3v) is 7.59. The summed E-state index contributed by atoms with van der Waals surface area (Å²) in [7, 11) is 2.13. The first-order chi connectivity index (χ1) is 19.0. The van der Waals surface area contributed by atoms with Crippen LogP contribution in [0.3, 0.4) is 0 Å². The van der Waals surface area contributed by atoms with Gasteiger partial charge in [-0.25, -0.2) is 0 Å². The number of aromatic amines is 1. The van der Waals surface area contributed by atoms with E-state index in [4.69, 9.17) is 0 Å². The van der Waals surface area contributed by atoms with E-state index in [0.717, 1.165) is 51.1 Å². The molecule has 1 saturated carbocycles. The van der Waals surface area contributed by atoms with Gasteiger partial charge in [0, 0.05) is 61.4 Å². The van der Waals surface area contributed by atoms with E-state index in [-0.39, 0.29) is 23.6 Å². The van der Waals surface area contributed by atoms with E-state index in [1.165, 1.54) is 0 Å². The molecule has 0 radical (unpaired) electrons. The average molecular weight is 529 g/mol. The maximum absolute atomic E-state index is 13.2. The number of rotatable bonds is 7. The monoisotopic (exact) mass is 528 g/mol. The van der Waals surface area contributed by atoms with Crippen molar-refractivity contribution in [2.45, 2.75) is 37.8 Å². The van der Waals surface area contributed by atoms with Gasteiger partial charge in [0.05, 0.1) is 5.69 Å². The van der Waals surface area contributed by atoms with E-state index in [2.05, 4.69) is 37.8 Å². The summed E-state index contributed by atoms with van der Waals surface area (Å²) in [6.45, 7) is 3.97. The van der Waals surface area contributed by atoms with Crippen LogP contribution in [0.25, 0.3) is 0 Å². The molecule has 9 heteroatoms. The summed E-state index contributed by atoms with van der Waals surface area (Å²) in [5.74, 6) is -0.549. The Morgan fingerprint density at radius 1 is 0.872 bits per heavy atom. The smallest absolute Gasteiger partial charge is 0.263 e. The lowest BCUT2D eigenvalue weighted by Crippen LogP contribution is -2.44. The molecular formula is C30H36N6O3. The molecule has 1 aliphatic carbocycles. The fourth-order valence-corrected chi connectivity index (χ4v) is 5.37. The third-order valence-electron chi connectivity index (χ3n) is 7.59. The van der Waals surface area contributed by atoms with Crippen molar-refractivity contribution in [2.75, 3.05) is 48.8 Å². The molecule has 2 amide bonds. The van der Waals surface area contributed by atoms with E-state index in [1.807, 2.05) is 42.5 Å². The first-order valence-corrected chi connectivity index (χ1v) is 13.7. The van der Waals surface area contributed by atoms with Gasteiger partial charge in [-0.05, 0) is 75.2 Å². The molecule has 1 saturated heterocycles. The molecule has 4 N–H and O–H groups in total. The maximum Gasteiger partial charge on any atom is 0.263 e. The van der Waals surface area contributed by atoms with Crippen molar-refractivity contribution in [1.82, 2.24) is 15.2 Å². The molecule has 9 nitrogen and oxygen atoms in total. The minimum atomic E-state index is -0.462. The number of H-pyrrole nitrogens is 1. The molecule has 5 rings (SSSR count). The Bertz CT molecular complexity index is 1330. The van der Waals surface area contributed by atoms with Crippen molar-refractivity contribution < 1.29 is 9.59 Å². The second kappa shape index (κ2) is 12.2. The first-order valence-electron chi connectivity index (χ1n) is 13.7. The summed E-state index contributed by atoms with van der Waals surface area (Å²) in [6, 6.07) is 18.7. The molecule has 2 heterocycles. The topological polar surface area (TPSA) is 110 Å². The number of piperazine rings is 1. The summed E-state index contributed by atoms with van der Waals surface area (Å²) >= 11 is 0. The zero-order chi connectivity index (χ0) is 27.2. The van der Waals surface area contributed by atoms with Crippen molar-refractivity contribution in [2.24, 2.45) is 0 Å². The van der Waals surface area contributed by atoms with Gasteiger partial charge < -0.3 is 30.7 Å². The Balaban J connectivity index is 1.22. The second-order valence-electron chi connectivity index (χ2n) is 10.4. The van der Waals surface area contributed by atoms with Crippen LogP contribution in [-0.2, 0) is 0 Å². The molecule has 2 aromatic carbocycles. The van der Waals surface area contributed by atoms with Gasteiger partial charge in [-0.2, -0.15) is 0 Å². The van der Waals surface area contributed by atoms with Crippen LogP contribution in [0.4, 0.5) is 17.1 Å². The largest absolute Gasteiger partial charge is 0.381 e. The second-order valence-corrected chi connectivity index (χ2v) is 10.4. The summed E-state index contributed by atoms with van der Waals surface area (Å²) in [6.07, 6.45) is 4.97. The number of carbonyl (C=O) groups excluding carboxylic acids is 2. The van der Waals surface area contributed by atoms with Crippen LogP contribution in [0.15, 0.2) is 71.7 Å². The van der Waals surface area contributed by atoms with Crippen molar-refractivity contribution >= 4 is 28.9 Å². The van der Waals surface area contributed by atoms with Gasteiger partial charge in [-0.1, -0.05) is 18.2 Å². The number of aromatic nitrogens is 1. The average Bonchev–Trinajstić information content (AvgIpc) is 2.95. The zero-order valence-electron chi connectivity index (χ0n) is 22.3. The van der Waals surface area contributed by atoms with Crippen molar-refractivity contribution in [3.63, 3.8) is 0 Å². The standard InChI is InChI=1S/C30H36N6O3/c1-35-16-18-36(19-17-35)25-12-10-22(11-13-25)33-30(39)27-26(14-15-31-29(27)38)32-23-8-5-9-24(20-23)34-28(37)21-6-3-2-4-7-21/h2-4,6-7,10-15,23-24H,5,8-9,16-20H2,1H3,(H,33,39)(H,34,37)(H2,31,32,38). The van der Waals surface area contributed by atoms with Crippen molar-refractivity contribution in [3.05, 3.63) is 88.3 Å². The van der Waals surface area contributed by atoms with E-state index >= 15 is 0 Å². The van der Waals surface area contributed by atoms with Crippen LogP contribution >= 0.6 is 0 Å². The number of likely N-dealkylation sites (N-methyl/N-ethyl adjacent to an activating group) is 1. The van der Waals surface area contributed by atoms with Crippen molar-refractivity contribution in [1.29, 1.82) is 0 Å². The molecule has 1 aliphatic heterocycles. The highest BCUT2D eigenvalue weighted by atomic mass is 16.2. The molecule has 2 unspecified atom stereocenters. The minimum Gasteiger partial charge on any atom is -0.381 e. The molecule has 2 fully saturated rings. The Hall–Kier alpha value is -4.11. The van der Waals surface area contributed by atoms with Crippen molar-refractivity contribution in [3.8, 4) is 0 Å². The zero-order valence-corrected chi connectivity index (χ0v) is 22.3. The quantitative estimate of drug-likeness (QED) is 0.374. The van der Waals surface area contributed by atoms with Gasteiger partial charge in [-0.3, -0.25) is 14.4 Å². The number of carbonyl (C=O) groups is 2. The van der Waals surface area contributed by atoms with E-state index in [1.54, 1.807) is 24.4 Å². The normalized spacial score (nSPS) is 19.8. The number of pyridine rings is 1. The number of benzene rings is 2. The number of nitrogens with one attached hydrogen (secondary N) is 4. The number of nitrogens with zero attached hydrogens (tertiary/aromatic N) is 2. The molecule has 1 aromatic heterocycles. The minimum absolute atomic E-state index is 0.0158. The van der Waals surface area contributed by atoms with E-state index < -0.39 is 11.5 Å². The van der Waals surface area contributed by atoms with Crippen LogP contribution in [-0.4, -0.2) is 67.0 Å². The number of hydrogen-bond acceptors (Lipinski definition) is 6. The maximum atomic E-state index is 13.2. The predicted molar refractivity (Wildman–Crippen MR) is 155 cm³/mol. The summed E-state index contributed by atoms with van der Waals surface area (Å²) in [5, 5.41) is 9.43. The van der Waals surface area contributed by atoms with Gasteiger partial charge >= 0.3 is 0 Å². The Morgan fingerprint density at radius 2 is 1.59 bits per heavy atom. The fourth-order valence-electron chi connectivity index (χ4n) is 5.37. The highest BCUT2D eigenvalue weighted by Gasteiger charge is 2.26. The number of anilines is 3. The van der Waals surface area contributed by atoms with Crippen LogP contribution < -0.4 is 26.4 Å². The van der Waals surface area contributed by atoms with Gasteiger partial charge in [0.1, 0.15) is 5.56 Å². The number of hydrogen-bond donors (Lipinski definition) is 4. The molecular weight excluding hydrogens is 492 g/mol. The van der Waals surface area contributed by atoms with Gasteiger partial charge in [-0.15, -0.1) is 0 Å². The third kappa shape index (κ3) is 6.67. The Kier molecular flexibility index (Phi) is 8.27. The van der Waals surface area contributed by atoms with E-state index in [0.29, 0.717) is 23.4 Å². The SMILES string of the molecule is CN1CCN(c2ccc(NC(=O)c3c(NC4CCCC(NC(=O)c5ccccc5)C4)cc[nH]c3=O)cc2)CC1. The molecule has 2 aliphatic rings. The summed E-state index contributed by atoms with van der Waals surface area (Å²) in [5.41, 5.74) is 2.48. The highest BCUT2D eigenvalue weighted by molar-refractivity contribution is 6.07. The molecule has 2 atom stereocenters. The highest BCUT2D eigenvalue weighted by Crippen LogP contribution is 2.25. The molecule has 0 spiro atoms. The molecule has 204 valence electrons. The lowest BCUT2D eigenvalue weighted by molar-refractivity contribution is 0.0926. The lowest BCUT2D eigenvalue weighted by Gasteiger charge is -2.34. The van der Waals surface area contributed by atoms with Crippen LogP contribution in [0, 0.1) is 0 Å². The Labute approximate surface area is 228 Å². The Morgan fingerprint density at radius 3 is 2.33 bits per heavy atom. The number of amides is 2. The summed E-state index contributed by atoms with van der Waals surface area (Å²) < 4.78 is 0. The van der Waals surface area contributed by atoms with Gasteiger partial charge in [0.25, 0.3) is 17.4 Å². The lowest BCUT2D eigenvalue weighted by atomic mass is 9.90. The van der Waals surface area contributed by atoms with Crippen LogP contribution in [0.1, 0.15) is 46.4 Å².